The average molecular weight is 537 g/mol. The summed E-state index contributed by atoms with van der Waals surface area (Å²) < 4.78 is 4.42. The summed E-state index contributed by atoms with van der Waals surface area (Å²) in [5.41, 5.74) is 10.7. The number of aromatic nitrogens is 4. The quantitative estimate of drug-likeness (QED) is 0.225. The number of para-hydroxylation sites is 2. The van der Waals surface area contributed by atoms with Gasteiger partial charge in [-0.25, -0.2) is 9.97 Å². The third kappa shape index (κ3) is 3.36. The average Bonchev–Trinajstić information content (AvgIpc) is 3.61. The lowest BCUT2D eigenvalue weighted by atomic mass is 9.99. The van der Waals surface area contributed by atoms with E-state index in [9.17, 15) is 0 Å². The van der Waals surface area contributed by atoms with E-state index in [2.05, 4.69) is 130 Å². The van der Waals surface area contributed by atoms with E-state index in [4.69, 9.17) is 9.97 Å². The Morgan fingerprint density at radius 1 is 0.429 bits per heavy atom. The molecule has 0 atom stereocenters. The molecule has 4 nitrogen and oxygen atoms in total. The van der Waals surface area contributed by atoms with Crippen LogP contribution in [0.1, 0.15) is 0 Å². The number of hydrogen-bond acceptors (Lipinski definition) is 2. The molecule has 0 amide bonds. The Labute approximate surface area is 241 Å². The Balaban J connectivity index is 1.12. The molecule has 0 saturated carbocycles. The van der Waals surface area contributed by atoms with Crippen LogP contribution in [0, 0.1) is 0 Å². The molecule has 0 radical (unpaired) electrons. The fraction of sp³-hybridized carbons (Fsp3) is 0. The first-order chi connectivity index (χ1) is 20.8. The fourth-order valence-corrected chi connectivity index (χ4v) is 6.38. The Morgan fingerprint density at radius 3 is 1.67 bits per heavy atom. The molecular formula is C38H24N4. The second-order valence-electron chi connectivity index (χ2n) is 10.7. The smallest absolute Gasteiger partial charge is 0.165 e. The Morgan fingerprint density at radius 2 is 0.976 bits per heavy atom. The van der Waals surface area contributed by atoms with Crippen LogP contribution in [0.25, 0.3) is 77.5 Å². The van der Waals surface area contributed by atoms with Gasteiger partial charge < -0.3 is 4.57 Å². The van der Waals surface area contributed by atoms with Crippen molar-refractivity contribution in [1.82, 2.24) is 18.9 Å². The predicted molar refractivity (Wildman–Crippen MR) is 173 cm³/mol. The zero-order valence-electron chi connectivity index (χ0n) is 22.6. The van der Waals surface area contributed by atoms with Crippen molar-refractivity contribution in [1.29, 1.82) is 0 Å². The highest BCUT2D eigenvalue weighted by atomic mass is 15.1. The minimum absolute atomic E-state index is 0.879. The molecule has 5 aromatic carbocycles. The molecule has 4 heterocycles. The van der Waals surface area contributed by atoms with Crippen LogP contribution in [0.4, 0.5) is 0 Å². The van der Waals surface area contributed by atoms with Crippen LogP contribution in [0.3, 0.4) is 0 Å². The third-order valence-electron chi connectivity index (χ3n) is 8.36. The van der Waals surface area contributed by atoms with Gasteiger partial charge in [-0.05, 0) is 47.5 Å². The molecule has 0 spiro atoms. The van der Waals surface area contributed by atoms with Crippen LogP contribution in [0.2, 0.25) is 0 Å². The molecule has 9 rings (SSSR count). The van der Waals surface area contributed by atoms with Gasteiger partial charge in [0, 0.05) is 39.0 Å². The van der Waals surface area contributed by atoms with E-state index in [0.29, 0.717) is 0 Å². The van der Waals surface area contributed by atoms with Gasteiger partial charge in [0.1, 0.15) is 11.2 Å². The van der Waals surface area contributed by atoms with Crippen molar-refractivity contribution in [3.63, 3.8) is 0 Å². The summed E-state index contributed by atoms with van der Waals surface area (Å²) in [5.74, 6) is 0. The topological polar surface area (TPSA) is 35.1 Å². The first kappa shape index (κ1) is 23.0. The second kappa shape index (κ2) is 8.88. The zero-order chi connectivity index (χ0) is 27.6. The molecule has 42 heavy (non-hydrogen) atoms. The van der Waals surface area contributed by atoms with Crippen molar-refractivity contribution in [2.24, 2.45) is 0 Å². The SMILES string of the molecule is c1ccc2c(c1)c(-c1ccc(-c3ccc(-n4c5ccccc5c5ccccc54)cc3)cc1)nc1c2nc2ccccn21. The monoisotopic (exact) mass is 536 g/mol. The van der Waals surface area contributed by atoms with E-state index in [0.717, 1.165) is 44.5 Å². The summed E-state index contributed by atoms with van der Waals surface area (Å²) in [6.07, 6.45) is 2.03. The minimum Gasteiger partial charge on any atom is -0.309 e. The molecule has 0 unspecified atom stereocenters. The second-order valence-corrected chi connectivity index (χ2v) is 10.7. The first-order valence-electron chi connectivity index (χ1n) is 14.2. The molecule has 4 heteroatoms. The summed E-state index contributed by atoms with van der Waals surface area (Å²) >= 11 is 0. The molecule has 0 saturated heterocycles. The van der Waals surface area contributed by atoms with Crippen molar-refractivity contribution >= 4 is 49.4 Å². The van der Waals surface area contributed by atoms with Crippen LogP contribution >= 0.6 is 0 Å². The standard InChI is InChI=1S/C38H24N4/c1-2-12-32-31(11-1)36(40-38-37(32)39-35-15-7-8-24-41(35)38)27-18-16-25(17-19-27)26-20-22-28(23-21-26)42-33-13-5-3-9-29(33)30-10-4-6-14-34(30)42/h1-24H. The van der Waals surface area contributed by atoms with Crippen LogP contribution < -0.4 is 0 Å². The number of rotatable bonds is 3. The predicted octanol–water partition coefficient (Wildman–Crippen LogP) is 9.47. The van der Waals surface area contributed by atoms with Crippen LogP contribution in [-0.2, 0) is 0 Å². The molecule has 0 aliphatic rings. The Hall–Kier alpha value is -5.74. The van der Waals surface area contributed by atoms with Gasteiger partial charge >= 0.3 is 0 Å². The molecule has 0 fully saturated rings. The minimum atomic E-state index is 0.879. The zero-order valence-corrected chi connectivity index (χ0v) is 22.6. The van der Waals surface area contributed by atoms with Gasteiger partial charge in [-0.15, -0.1) is 0 Å². The molecular weight excluding hydrogens is 512 g/mol. The van der Waals surface area contributed by atoms with E-state index >= 15 is 0 Å². The third-order valence-corrected chi connectivity index (χ3v) is 8.36. The maximum atomic E-state index is 5.15. The molecule has 196 valence electrons. The molecule has 9 aromatic rings. The first-order valence-corrected chi connectivity index (χ1v) is 14.2. The van der Waals surface area contributed by atoms with Gasteiger partial charge in [0.2, 0.25) is 0 Å². The lowest BCUT2D eigenvalue weighted by molar-refractivity contribution is 1.18. The van der Waals surface area contributed by atoms with Crippen LogP contribution in [0.5, 0.6) is 0 Å². The van der Waals surface area contributed by atoms with Crippen molar-refractivity contribution < 1.29 is 0 Å². The van der Waals surface area contributed by atoms with Crippen molar-refractivity contribution in [3.8, 4) is 28.1 Å². The largest absolute Gasteiger partial charge is 0.309 e. The molecule has 0 aliphatic heterocycles. The molecule has 0 aliphatic carbocycles. The number of pyridine rings is 2. The summed E-state index contributed by atoms with van der Waals surface area (Å²) in [4.78, 5) is 10.0. The lowest BCUT2D eigenvalue weighted by Crippen LogP contribution is -1.93. The Bertz CT molecular complexity index is 2390. The summed E-state index contributed by atoms with van der Waals surface area (Å²) in [6, 6.07) is 49.3. The van der Waals surface area contributed by atoms with Gasteiger partial charge in [0.25, 0.3) is 0 Å². The highest BCUT2D eigenvalue weighted by molar-refractivity contribution is 6.10. The summed E-state index contributed by atoms with van der Waals surface area (Å²) in [5, 5.41) is 4.77. The summed E-state index contributed by atoms with van der Waals surface area (Å²) in [6.45, 7) is 0. The highest BCUT2D eigenvalue weighted by Crippen LogP contribution is 2.35. The highest BCUT2D eigenvalue weighted by Gasteiger charge is 2.15. The Kier molecular flexibility index (Phi) is 4.87. The molecule has 0 bridgehead atoms. The number of fused-ring (bicyclic) bond motifs is 8. The van der Waals surface area contributed by atoms with Crippen LogP contribution in [0.15, 0.2) is 146 Å². The van der Waals surface area contributed by atoms with Gasteiger partial charge in [-0.2, -0.15) is 0 Å². The van der Waals surface area contributed by atoms with E-state index in [1.165, 1.54) is 32.9 Å². The lowest BCUT2D eigenvalue weighted by Gasteiger charge is -2.11. The van der Waals surface area contributed by atoms with Crippen molar-refractivity contribution in [3.05, 3.63) is 146 Å². The van der Waals surface area contributed by atoms with E-state index in [1.807, 2.05) is 24.4 Å². The van der Waals surface area contributed by atoms with E-state index < -0.39 is 0 Å². The number of imidazole rings is 1. The number of nitrogens with zero attached hydrogens (tertiary/aromatic N) is 4. The van der Waals surface area contributed by atoms with Crippen LogP contribution in [-0.4, -0.2) is 18.9 Å². The fourth-order valence-electron chi connectivity index (χ4n) is 6.38. The van der Waals surface area contributed by atoms with Gasteiger partial charge in [-0.3, -0.25) is 4.40 Å². The van der Waals surface area contributed by atoms with E-state index in [1.54, 1.807) is 0 Å². The van der Waals surface area contributed by atoms with Crippen molar-refractivity contribution in [2.75, 3.05) is 0 Å². The van der Waals surface area contributed by atoms with Crippen molar-refractivity contribution in [2.45, 2.75) is 0 Å². The van der Waals surface area contributed by atoms with Gasteiger partial charge in [0.15, 0.2) is 5.65 Å². The molecule has 0 N–H and O–H groups in total. The maximum Gasteiger partial charge on any atom is 0.165 e. The number of benzene rings is 5. The van der Waals surface area contributed by atoms with Gasteiger partial charge in [0.05, 0.1) is 16.7 Å². The number of hydrogen-bond donors (Lipinski definition) is 0. The van der Waals surface area contributed by atoms with E-state index in [-0.39, 0.29) is 0 Å². The normalized spacial score (nSPS) is 11.8. The summed E-state index contributed by atoms with van der Waals surface area (Å²) in [7, 11) is 0. The van der Waals surface area contributed by atoms with Gasteiger partial charge in [-0.1, -0.05) is 103 Å². The molecule has 4 aromatic heterocycles. The maximum absolute atomic E-state index is 5.15.